The third kappa shape index (κ3) is 7.25. The van der Waals surface area contributed by atoms with E-state index in [1.54, 1.807) is 14.2 Å². The molecule has 0 rings (SSSR count). The minimum absolute atomic E-state index is 0.710. The summed E-state index contributed by atoms with van der Waals surface area (Å²) in [7, 11) is 3.24. The predicted molar refractivity (Wildman–Crippen MR) is 85.2 cm³/mol. The van der Waals surface area contributed by atoms with Gasteiger partial charge in [-0.2, -0.15) is 0 Å². The van der Waals surface area contributed by atoms with Gasteiger partial charge in [-0.15, -0.1) is 0 Å². The smallest absolute Gasteiger partial charge is 0.328 e. The second-order valence-electron chi connectivity index (χ2n) is 5.36. The molecule has 1 N–H and O–H groups in total. The fourth-order valence-corrected chi connectivity index (χ4v) is 2.14. The van der Waals surface area contributed by atoms with E-state index in [9.17, 15) is 4.79 Å². The van der Waals surface area contributed by atoms with Crippen molar-refractivity contribution in [1.29, 1.82) is 0 Å². The van der Waals surface area contributed by atoms with Crippen LogP contribution in [0.4, 0.5) is 0 Å². The monoisotopic (exact) mass is 296 g/mol. The minimum Gasteiger partial charge on any atom is -0.478 e. The van der Waals surface area contributed by atoms with Crippen molar-refractivity contribution >= 4 is 5.97 Å². The number of aliphatic carboxylic acids is 1. The molecule has 4 heteroatoms. The molecule has 21 heavy (non-hydrogen) atoms. The molecule has 0 radical (unpaired) electrons. The van der Waals surface area contributed by atoms with Gasteiger partial charge in [-0.25, -0.2) is 4.79 Å². The van der Waals surface area contributed by atoms with Crippen LogP contribution in [0.5, 0.6) is 0 Å². The number of ether oxygens (including phenoxy) is 2. The number of hydrogen-bond acceptors (Lipinski definition) is 3. The first-order valence-electron chi connectivity index (χ1n) is 7.09. The standard InChI is InChI=1S/C17H28O4/c1-13(2)17(20-5,21-6)11-10-14(3)8-7-9-15(4)12-16(18)19/h8,12H,1,7,9-11H2,2-6H3,(H,18,19)/b14-8+,15-12+. The van der Waals surface area contributed by atoms with Gasteiger partial charge in [0.2, 0.25) is 0 Å². The topological polar surface area (TPSA) is 55.8 Å². The van der Waals surface area contributed by atoms with Crippen LogP contribution in [0.3, 0.4) is 0 Å². The molecule has 0 aliphatic heterocycles. The number of hydrogen-bond donors (Lipinski definition) is 1. The first kappa shape index (κ1) is 19.6. The van der Waals surface area contributed by atoms with Crippen molar-refractivity contribution in [2.75, 3.05) is 14.2 Å². The van der Waals surface area contributed by atoms with Crippen molar-refractivity contribution in [2.24, 2.45) is 0 Å². The molecule has 0 heterocycles. The maximum atomic E-state index is 10.5. The fourth-order valence-electron chi connectivity index (χ4n) is 2.14. The lowest BCUT2D eigenvalue weighted by Gasteiger charge is -2.31. The highest BCUT2D eigenvalue weighted by Crippen LogP contribution is 2.28. The largest absolute Gasteiger partial charge is 0.478 e. The van der Waals surface area contributed by atoms with Crippen LogP contribution in [0.1, 0.15) is 46.5 Å². The molecule has 0 spiro atoms. The van der Waals surface area contributed by atoms with Crippen LogP contribution in [0.2, 0.25) is 0 Å². The van der Waals surface area contributed by atoms with Crippen molar-refractivity contribution < 1.29 is 19.4 Å². The van der Waals surface area contributed by atoms with E-state index in [1.807, 2.05) is 13.8 Å². The number of methoxy groups -OCH3 is 2. The number of carboxylic acid groups (broad SMARTS) is 1. The molecule has 0 aromatic rings. The Bertz CT molecular complexity index is 415. The molecule has 0 aliphatic carbocycles. The summed E-state index contributed by atoms with van der Waals surface area (Å²) in [6.45, 7) is 9.72. The highest BCUT2D eigenvalue weighted by molar-refractivity contribution is 5.80. The Labute approximate surface area is 128 Å². The normalized spacial score (nSPS) is 13.4. The van der Waals surface area contributed by atoms with Gasteiger partial charge in [-0.1, -0.05) is 23.8 Å². The van der Waals surface area contributed by atoms with E-state index in [1.165, 1.54) is 11.6 Å². The van der Waals surface area contributed by atoms with Gasteiger partial charge in [0.25, 0.3) is 0 Å². The molecular weight excluding hydrogens is 268 g/mol. The van der Waals surface area contributed by atoms with E-state index in [2.05, 4.69) is 19.6 Å². The summed E-state index contributed by atoms with van der Waals surface area (Å²) in [5.41, 5.74) is 2.95. The lowest BCUT2D eigenvalue weighted by molar-refractivity contribution is -0.181. The Morgan fingerprint density at radius 2 is 1.71 bits per heavy atom. The van der Waals surface area contributed by atoms with Crippen LogP contribution in [-0.4, -0.2) is 31.1 Å². The first-order valence-corrected chi connectivity index (χ1v) is 7.09. The van der Waals surface area contributed by atoms with E-state index in [0.29, 0.717) is 6.42 Å². The highest BCUT2D eigenvalue weighted by atomic mass is 16.7. The summed E-state index contributed by atoms with van der Waals surface area (Å²) in [6, 6.07) is 0. The Kier molecular flexibility index (Phi) is 8.90. The van der Waals surface area contributed by atoms with Crippen molar-refractivity contribution in [2.45, 2.75) is 52.2 Å². The average molecular weight is 296 g/mol. The molecule has 0 amide bonds. The van der Waals surface area contributed by atoms with Gasteiger partial charge in [-0.3, -0.25) is 0 Å². The van der Waals surface area contributed by atoms with E-state index >= 15 is 0 Å². The average Bonchev–Trinajstić information content (AvgIpc) is 2.39. The molecule has 120 valence electrons. The van der Waals surface area contributed by atoms with Gasteiger partial charge < -0.3 is 14.6 Å². The summed E-state index contributed by atoms with van der Waals surface area (Å²) in [5.74, 6) is -1.62. The van der Waals surface area contributed by atoms with Crippen LogP contribution < -0.4 is 0 Å². The molecule has 0 aromatic heterocycles. The maximum absolute atomic E-state index is 10.5. The van der Waals surface area contributed by atoms with E-state index in [0.717, 1.165) is 30.4 Å². The summed E-state index contributed by atoms with van der Waals surface area (Å²) >= 11 is 0. The molecule has 0 aromatic carbocycles. The Hall–Kier alpha value is -1.39. The van der Waals surface area contributed by atoms with Gasteiger partial charge in [0, 0.05) is 26.7 Å². The van der Waals surface area contributed by atoms with Gasteiger partial charge in [0.1, 0.15) is 0 Å². The summed E-state index contributed by atoms with van der Waals surface area (Å²) in [4.78, 5) is 10.5. The van der Waals surface area contributed by atoms with E-state index in [-0.39, 0.29) is 0 Å². The fraction of sp³-hybridized carbons (Fsp3) is 0.588. The number of rotatable bonds is 10. The Morgan fingerprint density at radius 1 is 1.14 bits per heavy atom. The second-order valence-corrected chi connectivity index (χ2v) is 5.36. The number of carbonyl (C=O) groups is 1. The molecule has 0 aliphatic rings. The van der Waals surface area contributed by atoms with Crippen molar-refractivity contribution in [1.82, 2.24) is 0 Å². The number of allylic oxidation sites excluding steroid dienone is 3. The molecule has 0 saturated heterocycles. The van der Waals surface area contributed by atoms with Crippen LogP contribution in [0.25, 0.3) is 0 Å². The molecule has 4 nitrogen and oxygen atoms in total. The molecule has 0 fully saturated rings. The van der Waals surface area contributed by atoms with Crippen LogP contribution in [0.15, 0.2) is 35.5 Å². The summed E-state index contributed by atoms with van der Waals surface area (Å²) < 4.78 is 10.9. The molecule has 0 atom stereocenters. The van der Waals surface area contributed by atoms with Gasteiger partial charge in [0.15, 0.2) is 5.79 Å². The van der Waals surface area contributed by atoms with Crippen molar-refractivity contribution in [3.05, 3.63) is 35.5 Å². The van der Waals surface area contributed by atoms with E-state index < -0.39 is 11.8 Å². The molecule has 0 unspecified atom stereocenters. The Balaban J connectivity index is 4.42. The predicted octanol–water partition coefficient (Wildman–Crippen LogP) is 4.09. The lowest BCUT2D eigenvalue weighted by Crippen LogP contribution is -2.34. The van der Waals surface area contributed by atoms with Crippen LogP contribution >= 0.6 is 0 Å². The van der Waals surface area contributed by atoms with Gasteiger partial charge in [0.05, 0.1) is 0 Å². The number of carboxylic acids is 1. The Morgan fingerprint density at radius 3 is 2.14 bits per heavy atom. The van der Waals surface area contributed by atoms with E-state index in [4.69, 9.17) is 14.6 Å². The van der Waals surface area contributed by atoms with Crippen LogP contribution in [0, 0.1) is 0 Å². The van der Waals surface area contributed by atoms with Gasteiger partial charge in [-0.05, 0) is 45.6 Å². The third-order valence-corrected chi connectivity index (χ3v) is 3.56. The third-order valence-electron chi connectivity index (χ3n) is 3.56. The lowest BCUT2D eigenvalue weighted by atomic mass is 9.99. The molecular formula is C17H28O4. The minimum atomic E-state index is -0.889. The molecule has 0 saturated carbocycles. The maximum Gasteiger partial charge on any atom is 0.328 e. The zero-order valence-electron chi connectivity index (χ0n) is 13.9. The first-order chi connectivity index (χ1) is 9.77. The highest BCUT2D eigenvalue weighted by Gasteiger charge is 2.30. The zero-order valence-corrected chi connectivity index (χ0v) is 13.9. The molecule has 0 bridgehead atoms. The van der Waals surface area contributed by atoms with Crippen LogP contribution in [-0.2, 0) is 14.3 Å². The second kappa shape index (κ2) is 9.53. The van der Waals surface area contributed by atoms with Crippen molar-refractivity contribution in [3.63, 3.8) is 0 Å². The summed E-state index contributed by atoms with van der Waals surface area (Å²) in [5, 5.41) is 8.64. The van der Waals surface area contributed by atoms with Crippen molar-refractivity contribution in [3.8, 4) is 0 Å². The SMILES string of the molecule is C=C(C)C(CC/C(C)=C/CC/C(C)=C/C(=O)O)(OC)OC. The summed E-state index contributed by atoms with van der Waals surface area (Å²) in [6.07, 6.45) is 6.53. The zero-order chi connectivity index (χ0) is 16.5. The van der Waals surface area contributed by atoms with Gasteiger partial charge >= 0.3 is 5.97 Å². The quantitative estimate of drug-likeness (QED) is 0.375.